The molecule has 0 saturated carbocycles. The highest BCUT2D eigenvalue weighted by molar-refractivity contribution is 6.61. The first kappa shape index (κ1) is 15.3. The van der Waals surface area contributed by atoms with Crippen molar-refractivity contribution >= 4 is 19.3 Å². The summed E-state index contributed by atoms with van der Waals surface area (Å²) in [7, 11) is 2.84. The largest absolute Gasteiger partial charge is 0.501 e. The predicted octanol–water partition coefficient (Wildman–Crippen LogP) is 1.20. The maximum absolute atomic E-state index is 11.9. The molecule has 0 amide bonds. The number of esters is 1. The van der Waals surface area contributed by atoms with Crippen molar-refractivity contribution in [3.63, 3.8) is 0 Å². The van der Waals surface area contributed by atoms with E-state index in [0.29, 0.717) is 12.0 Å². The first-order valence-corrected chi connectivity index (χ1v) is 6.90. The van der Waals surface area contributed by atoms with Crippen LogP contribution in [0.1, 0.15) is 34.1 Å². The van der Waals surface area contributed by atoms with Crippen LogP contribution in [0.4, 0.5) is 0 Å². The molecule has 5 nitrogen and oxygen atoms in total. The molecule has 1 fully saturated rings. The Hall–Kier alpha value is -1.14. The van der Waals surface area contributed by atoms with Gasteiger partial charge >= 0.3 is 13.1 Å². The molecule has 0 N–H and O–H groups in total. The molecule has 1 saturated heterocycles. The van der Waals surface area contributed by atoms with Crippen LogP contribution in [0.25, 0.3) is 0 Å². The van der Waals surface area contributed by atoms with Crippen LogP contribution in [0, 0.1) is 0 Å². The van der Waals surface area contributed by atoms with Crippen LogP contribution >= 0.6 is 0 Å². The van der Waals surface area contributed by atoms with Crippen LogP contribution in [0.2, 0.25) is 0 Å². The van der Waals surface area contributed by atoms with Gasteiger partial charge in [-0.15, -0.1) is 0 Å². The minimum atomic E-state index is -0.531. The lowest BCUT2D eigenvalue weighted by molar-refractivity contribution is -0.492. The second kappa shape index (κ2) is 5.00. The topological polar surface area (TPSA) is 47.8 Å². The molecule has 2 rings (SSSR count). The number of methoxy groups -OCH3 is 1. The van der Waals surface area contributed by atoms with E-state index in [4.69, 9.17) is 14.0 Å². The van der Waals surface area contributed by atoms with E-state index in [1.807, 2.05) is 45.5 Å². The molecule has 0 aliphatic carbocycles. The third-order valence-corrected chi connectivity index (χ3v) is 4.36. The van der Waals surface area contributed by atoms with E-state index in [1.54, 1.807) is 0 Å². The van der Waals surface area contributed by atoms with E-state index in [1.165, 1.54) is 7.11 Å². The fraction of sp³-hybridized carbons (Fsp3) is 0.714. The van der Waals surface area contributed by atoms with Crippen molar-refractivity contribution in [1.82, 2.24) is 0 Å². The zero-order valence-electron chi connectivity index (χ0n) is 13.1. The zero-order chi connectivity index (χ0) is 15.1. The fourth-order valence-electron chi connectivity index (χ4n) is 2.33. The standard InChI is InChI=1S/C14H23BNO4/c1-13(2)14(3,4)20-15(19-13)11-9-16(5)8-7-10(11)12(17)18-6/h9H,7-8H2,1-6H3/q+1. The second-order valence-corrected chi connectivity index (χ2v) is 6.37. The van der Waals surface area contributed by atoms with Crippen molar-refractivity contribution in [3.05, 3.63) is 11.0 Å². The number of carbonyl (C=O) groups is 1. The van der Waals surface area contributed by atoms with Gasteiger partial charge in [0.15, 0.2) is 6.21 Å². The van der Waals surface area contributed by atoms with Gasteiger partial charge in [0.2, 0.25) is 0 Å². The van der Waals surface area contributed by atoms with Gasteiger partial charge in [-0.3, -0.25) is 0 Å². The second-order valence-electron chi connectivity index (χ2n) is 6.37. The average Bonchev–Trinajstić information content (AvgIpc) is 2.57. The van der Waals surface area contributed by atoms with Gasteiger partial charge in [0.25, 0.3) is 0 Å². The summed E-state index contributed by atoms with van der Waals surface area (Å²) in [5, 5.41) is 0. The zero-order valence-corrected chi connectivity index (χ0v) is 13.1. The molecule has 0 atom stereocenters. The third kappa shape index (κ3) is 2.54. The maximum Gasteiger partial charge on any atom is 0.501 e. The summed E-state index contributed by atoms with van der Waals surface area (Å²) >= 11 is 0. The van der Waals surface area contributed by atoms with Gasteiger partial charge in [0.05, 0.1) is 23.8 Å². The van der Waals surface area contributed by atoms with Crippen LogP contribution in [0.15, 0.2) is 11.0 Å². The Bertz CT molecular complexity index is 477. The molecule has 2 aliphatic heterocycles. The lowest BCUT2D eigenvalue weighted by Crippen LogP contribution is -2.41. The van der Waals surface area contributed by atoms with E-state index >= 15 is 0 Å². The normalized spacial score (nSPS) is 24.7. The van der Waals surface area contributed by atoms with Gasteiger partial charge in [-0.1, -0.05) is 0 Å². The summed E-state index contributed by atoms with van der Waals surface area (Å²) < 4.78 is 19.0. The van der Waals surface area contributed by atoms with Crippen molar-refractivity contribution in [2.75, 3.05) is 20.7 Å². The lowest BCUT2D eigenvalue weighted by atomic mass is 9.74. The first-order chi connectivity index (χ1) is 9.18. The molecule has 0 aromatic carbocycles. The molecule has 0 aromatic rings. The van der Waals surface area contributed by atoms with Crippen LogP contribution in [0.3, 0.4) is 0 Å². The highest BCUT2D eigenvalue weighted by atomic mass is 16.7. The fourth-order valence-corrected chi connectivity index (χ4v) is 2.33. The Kier molecular flexibility index (Phi) is 3.82. The molecular formula is C14H23BNO4+. The van der Waals surface area contributed by atoms with Crippen LogP contribution in [0.5, 0.6) is 0 Å². The molecule has 0 aromatic heterocycles. The Morgan fingerprint density at radius 1 is 1.30 bits per heavy atom. The summed E-state index contributed by atoms with van der Waals surface area (Å²) in [6.45, 7) is 8.78. The Morgan fingerprint density at radius 3 is 2.35 bits per heavy atom. The molecule has 0 bridgehead atoms. The molecule has 0 unspecified atom stereocenters. The molecular weight excluding hydrogens is 257 g/mol. The number of nitrogens with zero attached hydrogens (tertiary/aromatic N) is 1. The average molecular weight is 280 g/mol. The summed E-state index contributed by atoms with van der Waals surface area (Å²) in [5.74, 6) is -0.306. The smallest absolute Gasteiger partial charge is 0.466 e. The summed E-state index contributed by atoms with van der Waals surface area (Å²) in [6.07, 6.45) is 2.55. The maximum atomic E-state index is 11.9. The first-order valence-electron chi connectivity index (χ1n) is 6.90. The van der Waals surface area contributed by atoms with Gasteiger partial charge in [0.1, 0.15) is 13.6 Å². The Morgan fingerprint density at radius 2 is 1.85 bits per heavy atom. The van der Waals surface area contributed by atoms with E-state index in [9.17, 15) is 4.79 Å². The summed E-state index contributed by atoms with van der Waals surface area (Å²) in [6, 6.07) is 0. The molecule has 110 valence electrons. The number of hydrogen-bond donors (Lipinski definition) is 0. The van der Waals surface area contributed by atoms with Gasteiger partial charge in [-0.05, 0) is 27.7 Å². The number of hydrogen-bond acceptors (Lipinski definition) is 4. The van der Waals surface area contributed by atoms with Gasteiger partial charge in [-0.25, -0.2) is 9.37 Å². The molecule has 0 radical (unpaired) electrons. The van der Waals surface area contributed by atoms with Crippen molar-refractivity contribution < 1.29 is 23.4 Å². The van der Waals surface area contributed by atoms with Crippen LogP contribution in [-0.4, -0.2) is 55.8 Å². The van der Waals surface area contributed by atoms with Crippen LogP contribution in [-0.2, 0) is 18.8 Å². The number of allylic oxidation sites excluding steroid dienone is 1. The molecule has 2 aliphatic rings. The Balaban J connectivity index is 2.39. The van der Waals surface area contributed by atoms with E-state index in [0.717, 1.165) is 12.0 Å². The molecule has 2 heterocycles. The molecule has 6 heteroatoms. The van der Waals surface area contributed by atoms with Crippen molar-refractivity contribution in [2.24, 2.45) is 0 Å². The van der Waals surface area contributed by atoms with Crippen molar-refractivity contribution in [3.8, 4) is 0 Å². The number of ether oxygens (including phenoxy) is 1. The van der Waals surface area contributed by atoms with Gasteiger partial charge < -0.3 is 14.0 Å². The quantitative estimate of drug-likeness (QED) is 0.433. The highest BCUT2D eigenvalue weighted by Gasteiger charge is 2.54. The number of rotatable bonds is 2. The predicted molar refractivity (Wildman–Crippen MR) is 76.9 cm³/mol. The van der Waals surface area contributed by atoms with E-state index < -0.39 is 18.3 Å². The summed E-state index contributed by atoms with van der Waals surface area (Å²) in [4.78, 5) is 11.9. The Labute approximate surface area is 120 Å². The lowest BCUT2D eigenvalue weighted by Gasteiger charge is -2.32. The minimum absolute atomic E-state index is 0.306. The van der Waals surface area contributed by atoms with E-state index in [-0.39, 0.29) is 5.97 Å². The third-order valence-electron chi connectivity index (χ3n) is 4.36. The van der Waals surface area contributed by atoms with Gasteiger partial charge in [0, 0.05) is 12.0 Å². The summed E-state index contributed by atoms with van der Waals surface area (Å²) in [5.41, 5.74) is 0.569. The molecule has 20 heavy (non-hydrogen) atoms. The minimum Gasteiger partial charge on any atom is -0.466 e. The number of carbonyl (C=O) groups excluding carboxylic acids is 1. The van der Waals surface area contributed by atoms with Crippen molar-refractivity contribution in [1.29, 1.82) is 0 Å². The highest BCUT2D eigenvalue weighted by Crippen LogP contribution is 2.39. The SMILES string of the molecule is COC(=O)C1=C(B2OC(C)(C)C(C)(C)O2)C=[N+](C)CC1. The monoisotopic (exact) mass is 280 g/mol. The van der Waals surface area contributed by atoms with E-state index in [2.05, 4.69) is 0 Å². The van der Waals surface area contributed by atoms with Crippen LogP contribution < -0.4 is 0 Å². The van der Waals surface area contributed by atoms with Gasteiger partial charge in [-0.2, -0.15) is 0 Å². The molecule has 0 spiro atoms. The van der Waals surface area contributed by atoms with Crippen molar-refractivity contribution in [2.45, 2.75) is 45.3 Å².